The zero-order chi connectivity index (χ0) is 27.3. The van der Waals surface area contributed by atoms with E-state index in [0.717, 1.165) is 23.9 Å². The smallest absolute Gasteiger partial charge is 0.345 e. The number of carbonyl (C=O) groups is 2. The van der Waals surface area contributed by atoms with Crippen LogP contribution in [-0.4, -0.2) is 32.3 Å². The Morgan fingerprint density at radius 2 is 1.66 bits per heavy atom. The molecular formula is C25H18ClF4N5O2S. The van der Waals surface area contributed by atoms with Crippen LogP contribution in [-0.2, 0) is 17.5 Å². The first-order chi connectivity index (χ1) is 18.1. The van der Waals surface area contributed by atoms with Crippen molar-refractivity contribution in [2.75, 3.05) is 11.1 Å². The molecule has 1 aromatic heterocycles. The first-order valence-electron chi connectivity index (χ1n) is 11.0. The molecular weight excluding hydrogens is 546 g/mol. The van der Waals surface area contributed by atoms with Gasteiger partial charge in [-0.3, -0.25) is 14.2 Å². The molecule has 0 spiro atoms. The molecule has 0 aliphatic carbocycles. The number of hydrogen-bond acceptors (Lipinski definition) is 5. The Kier molecular flexibility index (Phi) is 8.32. The van der Waals surface area contributed by atoms with Crippen LogP contribution >= 0.6 is 23.4 Å². The molecule has 0 saturated carbocycles. The number of amides is 2. The van der Waals surface area contributed by atoms with Gasteiger partial charge < -0.3 is 10.6 Å². The van der Waals surface area contributed by atoms with Gasteiger partial charge in [-0.05, 0) is 36.4 Å². The summed E-state index contributed by atoms with van der Waals surface area (Å²) in [6, 6.07) is 17.3. The number of halogens is 5. The van der Waals surface area contributed by atoms with Gasteiger partial charge in [0.2, 0.25) is 5.91 Å². The number of para-hydroxylation sites is 2. The Morgan fingerprint density at radius 1 is 0.947 bits per heavy atom. The average Bonchev–Trinajstić information content (AvgIpc) is 3.29. The van der Waals surface area contributed by atoms with Crippen molar-refractivity contribution >= 4 is 40.9 Å². The van der Waals surface area contributed by atoms with E-state index < -0.39 is 29.4 Å². The number of aromatic nitrogens is 3. The van der Waals surface area contributed by atoms with E-state index in [-0.39, 0.29) is 39.6 Å². The third-order valence-corrected chi connectivity index (χ3v) is 6.39. The summed E-state index contributed by atoms with van der Waals surface area (Å²) in [5, 5.41) is 13.2. The third kappa shape index (κ3) is 6.32. The van der Waals surface area contributed by atoms with Gasteiger partial charge in [-0.25, -0.2) is 4.39 Å². The van der Waals surface area contributed by atoms with Crippen LogP contribution in [0.2, 0.25) is 5.02 Å². The quantitative estimate of drug-likeness (QED) is 0.211. The third-order valence-electron chi connectivity index (χ3n) is 5.15. The summed E-state index contributed by atoms with van der Waals surface area (Å²) < 4.78 is 55.4. The number of carbonyl (C=O) groups excluding carboxylic acids is 2. The van der Waals surface area contributed by atoms with Crippen LogP contribution in [0.25, 0.3) is 5.69 Å². The fourth-order valence-corrected chi connectivity index (χ4v) is 4.48. The van der Waals surface area contributed by atoms with Crippen molar-refractivity contribution in [1.82, 2.24) is 20.1 Å². The van der Waals surface area contributed by atoms with E-state index in [1.807, 2.05) is 0 Å². The number of hydrogen-bond donors (Lipinski definition) is 2. The zero-order valence-electron chi connectivity index (χ0n) is 19.3. The maximum absolute atomic E-state index is 14.1. The lowest BCUT2D eigenvalue weighted by molar-refractivity contribution is -0.137. The van der Waals surface area contributed by atoms with Crippen molar-refractivity contribution < 1.29 is 27.2 Å². The Bertz CT molecular complexity index is 1440. The van der Waals surface area contributed by atoms with Gasteiger partial charge in [0, 0.05) is 5.69 Å². The second kappa shape index (κ2) is 11.7. The molecule has 4 rings (SSSR count). The van der Waals surface area contributed by atoms with E-state index >= 15 is 0 Å². The number of nitrogens with zero attached hydrogens (tertiary/aromatic N) is 3. The van der Waals surface area contributed by atoms with Crippen LogP contribution in [0.5, 0.6) is 0 Å². The molecule has 7 nitrogen and oxygen atoms in total. The second-order valence-electron chi connectivity index (χ2n) is 7.73. The molecule has 2 amide bonds. The monoisotopic (exact) mass is 563 g/mol. The minimum absolute atomic E-state index is 0.0543. The highest BCUT2D eigenvalue weighted by atomic mass is 35.5. The summed E-state index contributed by atoms with van der Waals surface area (Å²) in [7, 11) is 0. The summed E-state index contributed by atoms with van der Waals surface area (Å²) in [6.07, 6.45) is -4.63. The van der Waals surface area contributed by atoms with Crippen molar-refractivity contribution in [3.63, 3.8) is 0 Å². The standard InChI is InChI=1S/C25H18ClF4N5O2S/c26-17-10-6-11-18(27)22(17)23(37)31-13-20-33-34-24(35(20)15-7-2-1-3-8-15)38-14-21(36)32-19-12-5-4-9-16(19)25(28,29)30/h1-12H,13-14H2,(H,31,37)(H,32,36). The Morgan fingerprint density at radius 3 is 2.37 bits per heavy atom. The molecule has 0 saturated heterocycles. The van der Waals surface area contributed by atoms with Crippen LogP contribution in [0, 0.1) is 5.82 Å². The molecule has 0 fully saturated rings. The molecule has 0 aliphatic heterocycles. The highest BCUT2D eigenvalue weighted by Gasteiger charge is 2.33. The van der Waals surface area contributed by atoms with Crippen molar-refractivity contribution in [2.24, 2.45) is 0 Å². The van der Waals surface area contributed by atoms with Crippen LogP contribution in [0.15, 0.2) is 78.0 Å². The highest BCUT2D eigenvalue weighted by molar-refractivity contribution is 7.99. The summed E-state index contributed by atoms with van der Waals surface area (Å²) in [5.74, 6) is -2.23. The number of rotatable bonds is 8. The topological polar surface area (TPSA) is 88.9 Å². The van der Waals surface area contributed by atoms with Crippen molar-refractivity contribution in [3.8, 4) is 5.69 Å². The van der Waals surface area contributed by atoms with E-state index in [2.05, 4.69) is 20.8 Å². The Balaban J connectivity index is 1.51. The van der Waals surface area contributed by atoms with Gasteiger partial charge >= 0.3 is 6.18 Å². The van der Waals surface area contributed by atoms with Gasteiger partial charge in [-0.1, -0.05) is 59.8 Å². The molecule has 13 heteroatoms. The molecule has 3 aromatic carbocycles. The molecule has 0 unspecified atom stereocenters. The normalized spacial score (nSPS) is 11.3. The van der Waals surface area contributed by atoms with E-state index in [1.54, 1.807) is 34.9 Å². The molecule has 4 aromatic rings. The maximum atomic E-state index is 14.1. The molecule has 0 radical (unpaired) electrons. The molecule has 0 bridgehead atoms. The minimum Gasteiger partial charge on any atom is -0.345 e. The lowest BCUT2D eigenvalue weighted by atomic mass is 10.1. The highest BCUT2D eigenvalue weighted by Crippen LogP contribution is 2.34. The van der Waals surface area contributed by atoms with Crippen LogP contribution in [0.3, 0.4) is 0 Å². The lowest BCUT2D eigenvalue weighted by Crippen LogP contribution is -2.26. The largest absolute Gasteiger partial charge is 0.418 e. The molecule has 196 valence electrons. The Hall–Kier alpha value is -3.90. The van der Waals surface area contributed by atoms with Crippen LogP contribution in [0.4, 0.5) is 23.2 Å². The second-order valence-corrected chi connectivity index (χ2v) is 9.08. The SMILES string of the molecule is O=C(CSc1nnc(CNC(=O)c2c(F)cccc2Cl)n1-c1ccccc1)Nc1ccccc1C(F)(F)F. The number of benzene rings is 3. The lowest BCUT2D eigenvalue weighted by Gasteiger charge is -2.14. The predicted octanol–water partition coefficient (Wildman–Crippen LogP) is 5.74. The van der Waals surface area contributed by atoms with Gasteiger partial charge in [0.15, 0.2) is 11.0 Å². The van der Waals surface area contributed by atoms with Crippen molar-refractivity contribution in [2.45, 2.75) is 17.9 Å². The first kappa shape index (κ1) is 27.1. The molecule has 38 heavy (non-hydrogen) atoms. The molecule has 2 N–H and O–H groups in total. The molecule has 1 heterocycles. The summed E-state index contributed by atoms with van der Waals surface area (Å²) in [4.78, 5) is 25.1. The van der Waals surface area contributed by atoms with Crippen molar-refractivity contribution in [1.29, 1.82) is 0 Å². The number of nitrogens with one attached hydrogen (secondary N) is 2. The fourth-order valence-electron chi connectivity index (χ4n) is 3.46. The molecule has 0 aliphatic rings. The average molecular weight is 564 g/mol. The van der Waals surface area contributed by atoms with Gasteiger partial charge in [0.25, 0.3) is 5.91 Å². The Labute approximate surface area is 223 Å². The van der Waals surface area contributed by atoms with Gasteiger partial charge in [-0.15, -0.1) is 10.2 Å². The van der Waals surface area contributed by atoms with E-state index in [4.69, 9.17) is 11.6 Å². The number of alkyl halides is 3. The van der Waals surface area contributed by atoms with Crippen molar-refractivity contribution in [3.05, 3.63) is 101 Å². The predicted molar refractivity (Wildman–Crippen MR) is 135 cm³/mol. The first-order valence-corrected chi connectivity index (χ1v) is 12.3. The van der Waals surface area contributed by atoms with Crippen LogP contribution in [0.1, 0.15) is 21.7 Å². The maximum Gasteiger partial charge on any atom is 0.418 e. The number of anilines is 1. The zero-order valence-corrected chi connectivity index (χ0v) is 20.9. The number of thioether (sulfide) groups is 1. The van der Waals surface area contributed by atoms with Crippen LogP contribution < -0.4 is 10.6 Å². The van der Waals surface area contributed by atoms with E-state index in [1.165, 1.54) is 30.3 Å². The summed E-state index contributed by atoms with van der Waals surface area (Å²) in [6.45, 7) is -0.156. The molecule has 0 atom stereocenters. The van der Waals surface area contributed by atoms with Gasteiger partial charge in [0.1, 0.15) is 5.82 Å². The fraction of sp³-hybridized carbons (Fsp3) is 0.120. The van der Waals surface area contributed by atoms with E-state index in [0.29, 0.717) is 5.69 Å². The van der Waals surface area contributed by atoms with Gasteiger partial charge in [-0.2, -0.15) is 13.2 Å². The summed E-state index contributed by atoms with van der Waals surface area (Å²) in [5.41, 5.74) is -1.02. The minimum atomic E-state index is -4.63. The van der Waals surface area contributed by atoms with Gasteiger partial charge in [0.05, 0.1) is 34.1 Å². The summed E-state index contributed by atoms with van der Waals surface area (Å²) >= 11 is 6.90. The van der Waals surface area contributed by atoms with E-state index in [9.17, 15) is 27.2 Å².